The predicted molar refractivity (Wildman–Crippen MR) is 83.7 cm³/mol. The summed E-state index contributed by atoms with van der Waals surface area (Å²) in [7, 11) is 0. The van der Waals surface area contributed by atoms with Crippen molar-refractivity contribution in [2.24, 2.45) is 0 Å². The summed E-state index contributed by atoms with van der Waals surface area (Å²) in [6.45, 7) is 6.57. The highest BCUT2D eigenvalue weighted by Gasteiger charge is 2.10. The smallest absolute Gasteiger partial charge is 0.315 e. The lowest BCUT2D eigenvalue weighted by atomic mass is 10.2. The minimum Gasteiger partial charge on any atom is -0.469 e. The Morgan fingerprint density at radius 1 is 1.48 bits per heavy atom. The van der Waals surface area contributed by atoms with Gasteiger partial charge in [-0.25, -0.2) is 9.78 Å². The first kappa shape index (κ1) is 15.6. The topological polar surface area (TPSA) is 67.2 Å². The second-order valence-corrected chi connectivity index (χ2v) is 6.36. The predicted octanol–water partition coefficient (Wildman–Crippen LogP) is 2.83. The SMILES string of the molecule is Cc1nc(C)c(CCNC(=O)NC(C)Cc2ccco2)s1. The number of carbonyl (C=O) groups excluding carboxylic acids is 1. The molecule has 2 N–H and O–H groups in total. The number of thiazole rings is 1. The van der Waals surface area contributed by atoms with Gasteiger partial charge in [0.25, 0.3) is 0 Å². The Kier molecular flexibility index (Phi) is 5.38. The quantitative estimate of drug-likeness (QED) is 0.862. The molecule has 0 spiro atoms. The Morgan fingerprint density at radius 3 is 2.90 bits per heavy atom. The lowest BCUT2D eigenvalue weighted by molar-refractivity contribution is 0.237. The Balaban J connectivity index is 1.68. The van der Waals surface area contributed by atoms with E-state index in [1.807, 2.05) is 32.9 Å². The second kappa shape index (κ2) is 7.26. The summed E-state index contributed by atoms with van der Waals surface area (Å²) in [4.78, 5) is 17.4. The van der Waals surface area contributed by atoms with Gasteiger partial charge >= 0.3 is 6.03 Å². The highest BCUT2D eigenvalue weighted by atomic mass is 32.1. The minimum absolute atomic E-state index is 0.0311. The van der Waals surface area contributed by atoms with Crippen LogP contribution in [-0.4, -0.2) is 23.6 Å². The molecule has 0 aliphatic carbocycles. The molecular formula is C15H21N3O2S. The van der Waals surface area contributed by atoms with Crippen LogP contribution in [0, 0.1) is 13.8 Å². The van der Waals surface area contributed by atoms with Gasteiger partial charge in [-0.1, -0.05) is 0 Å². The Bertz CT molecular complexity index is 578. The maximum atomic E-state index is 11.8. The van der Waals surface area contributed by atoms with Crippen LogP contribution < -0.4 is 10.6 Å². The first-order valence-corrected chi connectivity index (χ1v) is 7.86. The van der Waals surface area contributed by atoms with Crippen LogP contribution in [0.3, 0.4) is 0 Å². The number of nitrogens with one attached hydrogen (secondary N) is 2. The summed E-state index contributed by atoms with van der Waals surface area (Å²) in [6.07, 6.45) is 3.15. The summed E-state index contributed by atoms with van der Waals surface area (Å²) >= 11 is 1.69. The van der Waals surface area contributed by atoms with E-state index in [9.17, 15) is 4.79 Å². The number of hydrogen-bond donors (Lipinski definition) is 2. The van der Waals surface area contributed by atoms with Gasteiger partial charge in [-0.15, -0.1) is 11.3 Å². The highest BCUT2D eigenvalue weighted by molar-refractivity contribution is 7.11. The molecule has 5 nitrogen and oxygen atoms in total. The van der Waals surface area contributed by atoms with Gasteiger partial charge in [0.15, 0.2) is 0 Å². The number of nitrogens with zero attached hydrogens (tertiary/aromatic N) is 1. The van der Waals surface area contributed by atoms with E-state index in [1.54, 1.807) is 17.6 Å². The molecule has 2 heterocycles. The third kappa shape index (κ3) is 4.90. The molecule has 2 aromatic rings. The van der Waals surface area contributed by atoms with Gasteiger partial charge < -0.3 is 15.1 Å². The van der Waals surface area contributed by atoms with Crippen LogP contribution in [0.25, 0.3) is 0 Å². The van der Waals surface area contributed by atoms with Gasteiger partial charge in [0.05, 0.1) is 17.0 Å². The Labute approximate surface area is 128 Å². The third-order valence-electron chi connectivity index (χ3n) is 3.10. The lowest BCUT2D eigenvalue weighted by Gasteiger charge is -2.13. The van der Waals surface area contributed by atoms with E-state index in [0.717, 1.165) is 22.9 Å². The van der Waals surface area contributed by atoms with Gasteiger partial charge in [0.2, 0.25) is 0 Å². The molecule has 0 radical (unpaired) electrons. The Morgan fingerprint density at radius 2 is 2.29 bits per heavy atom. The van der Waals surface area contributed by atoms with Gasteiger partial charge in [-0.3, -0.25) is 0 Å². The number of urea groups is 1. The standard InChI is InChI=1S/C15H21N3O2S/c1-10(9-13-5-4-8-20-13)17-15(19)16-7-6-14-11(2)18-12(3)21-14/h4-5,8,10H,6-7,9H2,1-3H3,(H2,16,17,19). The van der Waals surface area contributed by atoms with Crippen molar-refractivity contribution in [2.45, 2.75) is 39.7 Å². The van der Waals surface area contributed by atoms with Crippen molar-refractivity contribution < 1.29 is 9.21 Å². The average molecular weight is 307 g/mol. The lowest BCUT2D eigenvalue weighted by Crippen LogP contribution is -2.42. The maximum Gasteiger partial charge on any atom is 0.315 e. The zero-order valence-electron chi connectivity index (χ0n) is 12.6. The molecule has 0 fully saturated rings. The fourth-order valence-corrected chi connectivity index (χ4v) is 3.09. The average Bonchev–Trinajstić information content (AvgIpc) is 2.99. The summed E-state index contributed by atoms with van der Waals surface area (Å²) in [6, 6.07) is 3.64. The normalized spacial score (nSPS) is 12.1. The molecule has 0 saturated carbocycles. The summed E-state index contributed by atoms with van der Waals surface area (Å²) in [5.74, 6) is 0.874. The number of aryl methyl sites for hydroxylation is 2. The van der Waals surface area contributed by atoms with E-state index in [1.165, 1.54) is 4.88 Å². The molecule has 0 bridgehead atoms. The van der Waals surface area contributed by atoms with Gasteiger partial charge in [0, 0.05) is 30.3 Å². The highest BCUT2D eigenvalue weighted by Crippen LogP contribution is 2.16. The molecule has 0 aliphatic rings. The number of rotatable bonds is 6. The summed E-state index contributed by atoms with van der Waals surface area (Å²) < 4.78 is 5.26. The van der Waals surface area contributed by atoms with Crippen LogP contribution in [0.1, 0.15) is 28.3 Å². The fourth-order valence-electron chi connectivity index (χ4n) is 2.15. The third-order valence-corrected chi connectivity index (χ3v) is 4.23. The van der Waals surface area contributed by atoms with E-state index in [0.29, 0.717) is 13.0 Å². The van der Waals surface area contributed by atoms with Crippen LogP contribution in [0.4, 0.5) is 4.79 Å². The monoisotopic (exact) mass is 307 g/mol. The van der Waals surface area contributed by atoms with Crippen LogP contribution in [0.2, 0.25) is 0 Å². The van der Waals surface area contributed by atoms with Crippen molar-refractivity contribution in [1.29, 1.82) is 0 Å². The zero-order valence-corrected chi connectivity index (χ0v) is 13.4. The molecule has 1 unspecified atom stereocenters. The van der Waals surface area contributed by atoms with E-state index < -0.39 is 0 Å². The molecule has 21 heavy (non-hydrogen) atoms. The van der Waals surface area contributed by atoms with Crippen molar-refractivity contribution in [2.75, 3.05) is 6.54 Å². The molecule has 1 atom stereocenters. The minimum atomic E-state index is -0.145. The first-order chi connectivity index (χ1) is 10.0. The number of furan rings is 1. The van der Waals surface area contributed by atoms with Gasteiger partial charge in [-0.05, 0) is 32.9 Å². The Hall–Kier alpha value is -1.82. The van der Waals surface area contributed by atoms with E-state index in [-0.39, 0.29) is 12.1 Å². The zero-order chi connectivity index (χ0) is 15.2. The van der Waals surface area contributed by atoms with Crippen LogP contribution >= 0.6 is 11.3 Å². The van der Waals surface area contributed by atoms with Crippen molar-refractivity contribution in [3.05, 3.63) is 39.7 Å². The van der Waals surface area contributed by atoms with E-state index >= 15 is 0 Å². The van der Waals surface area contributed by atoms with Crippen molar-refractivity contribution >= 4 is 17.4 Å². The number of carbonyl (C=O) groups is 1. The van der Waals surface area contributed by atoms with E-state index in [2.05, 4.69) is 15.6 Å². The molecule has 0 aromatic carbocycles. The van der Waals surface area contributed by atoms with Crippen LogP contribution in [-0.2, 0) is 12.8 Å². The molecule has 2 rings (SSSR count). The number of hydrogen-bond acceptors (Lipinski definition) is 4. The molecule has 0 saturated heterocycles. The summed E-state index contributed by atoms with van der Waals surface area (Å²) in [5.41, 5.74) is 1.06. The van der Waals surface area contributed by atoms with Crippen LogP contribution in [0.15, 0.2) is 22.8 Å². The largest absolute Gasteiger partial charge is 0.469 e. The van der Waals surface area contributed by atoms with Crippen LogP contribution in [0.5, 0.6) is 0 Å². The molecule has 6 heteroatoms. The number of aromatic nitrogens is 1. The second-order valence-electron chi connectivity index (χ2n) is 5.08. The fraction of sp³-hybridized carbons (Fsp3) is 0.467. The first-order valence-electron chi connectivity index (χ1n) is 7.04. The molecule has 2 amide bonds. The number of amides is 2. The molecular weight excluding hydrogens is 286 g/mol. The maximum absolute atomic E-state index is 11.8. The molecule has 2 aromatic heterocycles. The molecule has 0 aliphatic heterocycles. The van der Waals surface area contributed by atoms with Crippen molar-refractivity contribution in [3.63, 3.8) is 0 Å². The van der Waals surface area contributed by atoms with Crippen molar-refractivity contribution in [3.8, 4) is 0 Å². The summed E-state index contributed by atoms with van der Waals surface area (Å²) in [5, 5.41) is 6.85. The van der Waals surface area contributed by atoms with Gasteiger partial charge in [-0.2, -0.15) is 0 Å². The molecule has 114 valence electrons. The van der Waals surface area contributed by atoms with E-state index in [4.69, 9.17) is 4.42 Å². The van der Waals surface area contributed by atoms with Gasteiger partial charge in [0.1, 0.15) is 5.76 Å². The van der Waals surface area contributed by atoms with Crippen molar-refractivity contribution in [1.82, 2.24) is 15.6 Å².